The fraction of sp³-hybridized carbons (Fsp3) is 0.200. The van der Waals surface area contributed by atoms with Crippen LogP contribution in [-0.2, 0) is 0 Å². The highest BCUT2D eigenvalue weighted by molar-refractivity contribution is 6.02. The summed E-state index contributed by atoms with van der Waals surface area (Å²) in [5, 5.41) is 5.49. The van der Waals surface area contributed by atoms with Gasteiger partial charge in [0.25, 0.3) is 5.91 Å². The Morgan fingerprint density at radius 1 is 1.23 bits per heavy atom. The van der Waals surface area contributed by atoms with Crippen LogP contribution in [-0.4, -0.2) is 35.0 Å². The Bertz CT molecular complexity index is 697. The predicted molar refractivity (Wildman–Crippen MR) is 81.9 cm³/mol. The number of carbonyl (C=O) groups excluding carboxylic acids is 2. The molecule has 0 saturated carbocycles. The van der Waals surface area contributed by atoms with Gasteiger partial charge in [-0.2, -0.15) is 0 Å². The van der Waals surface area contributed by atoms with Gasteiger partial charge in [0.1, 0.15) is 5.69 Å². The second kappa shape index (κ2) is 5.80. The van der Waals surface area contributed by atoms with E-state index < -0.39 is 0 Å². The highest BCUT2D eigenvalue weighted by Crippen LogP contribution is 2.19. The number of anilines is 2. The van der Waals surface area contributed by atoms with E-state index in [1.165, 1.54) is 6.20 Å². The fourth-order valence-corrected chi connectivity index (χ4v) is 2.15. The average Bonchev–Trinajstić information content (AvgIpc) is 2.95. The van der Waals surface area contributed by atoms with Gasteiger partial charge in [-0.1, -0.05) is 0 Å². The van der Waals surface area contributed by atoms with Gasteiger partial charge in [0.15, 0.2) is 0 Å². The zero-order valence-electron chi connectivity index (χ0n) is 12.0. The number of aromatic nitrogens is 2. The van der Waals surface area contributed by atoms with Crippen molar-refractivity contribution in [3.05, 3.63) is 48.0 Å². The van der Waals surface area contributed by atoms with Crippen molar-refractivity contribution in [1.82, 2.24) is 15.3 Å². The van der Waals surface area contributed by atoms with Crippen LogP contribution in [0.3, 0.4) is 0 Å². The number of carbonyl (C=O) groups is 2. The van der Waals surface area contributed by atoms with Crippen LogP contribution in [0.4, 0.5) is 16.2 Å². The molecule has 22 heavy (non-hydrogen) atoms. The molecule has 0 unspecified atom stereocenters. The van der Waals surface area contributed by atoms with E-state index in [9.17, 15) is 9.59 Å². The van der Waals surface area contributed by atoms with Crippen LogP contribution in [0.1, 0.15) is 16.2 Å². The minimum atomic E-state index is -0.320. The number of aryl methyl sites for hydroxylation is 1. The van der Waals surface area contributed by atoms with Gasteiger partial charge in [0.05, 0.1) is 11.9 Å². The van der Waals surface area contributed by atoms with Crippen LogP contribution < -0.4 is 15.5 Å². The maximum atomic E-state index is 12.0. The summed E-state index contributed by atoms with van der Waals surface area (Å²) in [6.07, 6.45) is 2.98. The Balaban J connectivity index is 1.69. The molecular formula is C15H15N5O2. The largest absolute Gasteiger partial charge is 0.336 e. The van der Waals surface area contributed by atoms with E-state index in [1.807, 2.05) is 6.92 Å². The average molecular weight is 297 g/mol. The lowest BCUT2D eigenvalue weighted by Crippen LogP contribution is -2.27. The summed E-state index contributed by atoms with van der Waals surface area (Å²) >= 11 is 0. The molecule has 0 radical (unpaired) electrons. The first-order valence-corrected chi connectivity index (χ1v) is 6.89. The highest BCUT2D eigenvalue weighted by atomic mass is 16.2. The number of hydrogen-bond donors (Lipinski definition) is 2. The topological polar surface area (TPSA) is 87.2 Å². The molecule has 1 aliphatic rings. The van der Waals surface area contributed by atoms with Crippen LogP contribution in [0, 0.1) is 6.92 Å². The molecule has 0 atom stereocenters. The van der Waals surface area contributed by atoms with Gasteiger partial charge in [-0.05, 0) is 31.2 Å². The molecule has 1 aliphatic heterocycles. The van der Waals surface area contributed by atoms with Gasteiger partial charge in [-0.25, -0.2) is 9.78 Å². The van der Waals surface area contributed by atoms with Gasteiger partial charge in [-0.3, -0.25) is 14.7 Å². The van der Waals surface area contributed by atoms with Crippen LogP contribution in [0.5, 0.6) is 0 Å². The molecule has 0 bridgehead atoms. The second-order valence-corrected chi connectivity index (χ2v) is 4.93. The highest BCUT2D eigenvalue weighted by Gasteiger charge is 2.20. The minimum absolute atomic E-state index is 0.105. The van der Waals surface area contributed by atoms with E-state index in [4.69, 9.17) is 0 Å². The number of hydrogen-bond acceptors (Lipinski definition) is 4. The van der Waals surface area contributed by atoms with Crippen LogP contribution >= 0.6 is 0 Å². The molecule has 1 saturated heterocycles. The van der Waals surface area contributed by atoms with Crippen molar-refractivity contribution >= 4 is 23.3 Å². The molecule has 0 spiro atoms. The summed E-state index contributed by atoms with van der Waals surface area (Å²) in [4.78, 5) is 33.3. The number of nitrogens with one attached hydrogen (secondary N) is 2. The lowest BCUT2D eigenvalue weighted by atomic mass is 10.2. The Hall–Kier alpha value is -2.96. The first-order chi connectivity index (χ1) is 10.6. The number of urea groups is 1. The minimum Gasteiger partial charge on any atom is -0.336 e. The Morgan fingerprint density at radius 2 is 2.00 bits per heavy atom. The number of rotatable bonds is 3. The van der Waals surface area contributed by atoms with E-state index in [1.54, 1.807) is 35.4 Å². The number of benzene rings is 1. The second-order valence-electron chi connectivity index (χ2n) is 4.93. The van der Waals surface area contributed by atoms with E-state index in [0.717, 1.165) is 11.4 Å². The molecule has 7 nitrogen and oxygen atoms in total. The third-order valence-electron chi connectivity index (χ3n) is 3.31. The molecule has 0 aliphatic carbocycles. The summed E-state index contributed by atoms with van der Waals surface area (Å²) < 4.78 is 0. The van der Waals surface area contributed by atoms with E-state index >= 15 is 0 Å². The van der Waals surface area contributed by atoms with Crippen molar-refractivity contribution in [2.24, 2.45) is 0 Å². The molecule has 3 amide bonds. The Labute approximate surface area is 127 Å². The third-order valence-corrected chi connectivity index (χ3v) is 3.31. The van der Waals surface area contributed by atoms with Crippen molar-refractivity contribution in [1.29, 1.82) is 0 Å². The maximum absolute atomic E-state index is 12.0. The van der Waals surface area contributed by atoms with Crippen molar-refractivity contribution in [2.45, 2.75) is 6.92 Å². The third kappa shape index (κ3) is 2.88. The Kier molecular flexibility index (Phi) is 3.69. The SMILES string of the molecule is Cc1cnc(C(=O)Nc2ccc(N3CCNC3=O)cc2)cn1. The quantitative estimate of drug-likeness (QED) is 0.900. The van der Waals surface area contributed by atoms with Gasteiger partial charge in [0.2, 0.25) is 0 Å². The molecule has 2 N–H and O–H groups in total. The normalized spacial score (nSPS) is 13.9. The van der Waals surface area contributed by atoms with E-state index in [-0.39, 0.29) is 17.6 Å². The summed E-state index contributed by atoms with van der Waals surface area (Å²) in [7, 11) is 0. The first-order valence-electron chi connectivity index (χ1n) is 6.89. The molecule has 1 fully saturated rings. The number of nitrogens with zero attached hydrogens (tertiary/aromatic N) is 3. The van der Waals surface area contributed by atoms with Crippen molar-refractivity contribution in [3.63, 3.8) is 0 Å². The van der Waals surface area contributed by atoms with Crippen molar-refractivity contribution < 1.29 is 9.59 Å². The fourth-order valence-electron chi connectivity index (χ4n) is 2.15. The van der Waals surface area contributed by atoms with Gasteiger partial charge >= 0.3 is 6.03 Å². The lowest BCUT2D eigenvalue weighted by molar-refractivity contribution is 0.102. The monoisotopic (exact) mass is 297 g/mol. The molecule has 1 aromatic heterocycles. The molecule has 112 valence electrons. The lowest BCUT2D eigenvalue weighted by Gasteiger charge is -2.14. The molecule has 2 aromatic rings. The molecule has 3 rings (SSSR count). The molecule has 2 heterocycles. The van der Waals surface area contributed by atoms with E-state index in [2.05, 4.69) is 20.6 Å². The van der Waals surface area contributed by atoms with Gasteiger partial charge in [0, 0.05) is 30.7 Å². The summed E-state index contributed by atoms with van der Waals surface area (Å²) in [5.41, 5.74) is 2.44. The summed E-state index contributed by atoms with van der Waals surface area (Å²) in [5.74, 6) is -0.320. The molecular weight excluding hydrogens is 282 g/mol. The molecule has 7 heteroatoms. The molecule has 1 aromatic carbocycles. The zero-order chi connectivity index (χ0) is 15.5. The maximum Gasteiger partial charge on any atom is 0.321 e. The van der Waals surface area contributed by atoms with Gasteiger partial charge < -0.3 is 10.6 Å². The number of amides is 3. The van der Waals surface area contributed by atoms with Crippen LogP contribution in [0.15, 0.2) is 36.7 Å². The standard InChI is InChI=1S/C15H15N5O2/c1-10-8-18-13(9-17-10)14(21)19-11-2-4-12(5-3-11)20-7-6-16-15(20)22/h2-5,8-9H,6-7H2,1H3,(H,16,22)(H,19,21). The summed E-state index contributed by atoms with van der Waals surface area (Å²) in [6, 6.07) is 6.98. The van der Waals surface area contributed by atoms with Gasteiger partial charge in [-0.15, -0.1) is 0 Å². The smallest absolute Gasteiger partial charge is 0.321 e. The predicted octanol–water partition coefficient (Wildman–Crippen LogP) is 1.57. The zero-order valence-corrected chi connectivity index (χ0v) is 12.0. The van der Waals surface area contributed by atoms with Crippen molar-refractivity contribution in [3.8, 4) is 0 Å². The summed E-state index contributed by atoms with van der Waals surface area (Å²) in [6.45, 7) is 3.09. The van der Waals surface area contributed by atoms with Crippen LogP contribution in [0.2, 0.25) is 0 Å². The first kappa shape index (κ1) is 14.0. The van der Waals surface area contributed by atoms with Crippen molar-refractivity contribution in [2.75, 3.05) is 23.3 Å². The van der Waals surface area contributed by atoms with E-state index in [0.29, 0.717) is 18.8 Å². The Morgan fingerprint density at radius 3 is 2.59 bits per heavy atom. The van der Waals surface area contributed by atoms with Crippen LogP contribution in [0.25, 0.3) is 0 Å².